The van der Waals surface area contributed by atoms with Gasteiger partial charge in [0.05, 0.1) is 18.6 Å². The molecule has 1 aliphatic heterocycles. The number of nitrogens with one attached hydrogen (secondary N) is 1. The lowest BCUT2D eigenvalue weighted by Crippen LogP contribution is -2.40. The summed E-state index contributed by atoms with van der Waals surface area (Å²) in [5.74, 6) is -0.921. The van der Waals surface area contributed by atoms with Gasteiger partial charge in [0.2, 0.25) is 6.41 Å². The van der Waals surface area contributed by atoms with Crippen LogP contribution in [0.2, 0.25) is 0 Å². The van der Waals surface area contributed by atoms with E-state index in [1.165, 1.54) is 0 Å². The van der Waals surface area contributed by atoms with Crippen molar-refractivity contribution in [1.29, 1.82) is 0 Å². The summed E-state index contributed by atoms with van der Waals surface area (Å²) in [6, 6.07) is -0.391. The average molecular weight is 187 g/mol. The van der Waals surface area contributed by atoms with Crippen molar-refractivity contribution in [2.24, 2.45) is 0 Å². The van der Waals surface area contributed by atoms with Crippen LogP contribution in [0.4, 0.5) is 0 Å². The number of ether oxygens (including phenoxy) is 1. The summed E-state index contributed by atoms with van der Waals surface area (Å²) in [6.45, 7) is 0.654. The van der Waals surface area contributed by atoms with Crippen molar-refractivity contribution in [3.8, 4) is 0 Å². The van der Waals surface area contributed by atoms with Gasteiger partial charge in [-0.25, -0.2) is 0 Å². The van der Waals surface area contributed by atoms with E-state index in [0.29, 0.717) is 13.0 Å². The SMILES string of the molecule is O=CN[C@H](CC(=O)O)C1CCCO1. The number of carbonyl (C=O) groups excluding carboxylic acids is 1. The van der Waals surface area contributed by atoms with Crippen molar-refractivity contribution >= 4 is 12.4 Å². The molecule has 2 N–H and O–H groups in total. The summed E-state index contributed by atoms with van der Waals surface area (Å²) >= 11 is 0. The quantitative estimate of drug-likeness (QED) is 0.582. The zero-order chi connectivity index (χ0) is 9.68. The lowest BCUT2D eigenvalue weighted by molar-refractivity contribution is -0.138. The highest BCUT2D eigenvalue weighted by molar-refractivity contribution is 5.68. The van der Waals surface area contributed by atoms with Crippen LogP contribution in [0.25, 0.3) is 0 Å². The van der Waals surface area contributed by atoms with Crippen molar-refractivity contribution in [2.75, 3.05) is 6.61 Å². The first-order valence-electron chi connectivity index (χ1n) is 4.27. The van der Waals surface area contributed by atoms with Crippen LogP contribution in [-0.4, -0.2) is 36.2 Å². The molecule has 0 saturated carbocycles. The van der Waals surface area contributed by atoms with E-state index in [1.54, 1.807) is 0 Å². The Hall–Kier alpha value is -1.10. The Balaban J connectivity index is 2.44. The smallest absolute Gasteiger partial charge is 0.305 e. The highest BCUT2D eigenvalue weighted by Gasteiger charge is 2.27. The molecule has 0 aromatic carbocycles. The molecular weight excluding hydrogens is 174 g/mol. The molecule has 1 aliphatic rings. The molecule has 2 atom stereocenters. The number of carboxylic acids is 1. The molecule has 1 heterocycles. The van der Waals surface area contributed by atoms with Crippen LogP contribution >= 0.6 is 0 Å². The van der Waals surface area contributed by atoms with Crippen molar-refractivity contribution in [2.45, 2.75) is 31.4 Å². The number of amides is 1. The van der Waals surface area contributed by atoms with E-state index >= 15 is 0 Å². The second-order valence-corrected chi connectivity index (χ2v) is 3.04. The summed E-state index contributed by atoms with van der Waals surface area (Å²) in [6.07, 6.45) is 2.06. The molecule has 5 heteroatoms. The molecule has 0 aromatic rings. The third-order valence-electron chi connectivity index (χ3n) is 2.09. The fourth-order valence-corrected chi connectivity index (χ4v) is 1.49. The highest BCUT2D eigenvalue weighted by Crippen LogP contribution is 2.17. The van der Waals surface area contributed by atoms with Crippen LogP contribution in [0.3, 0.4) is 0 Å². The minimum absolute atomic E-state index is 0.0800. The van der Waals surface area contributed by atoms with Crippen molar-refractivity contribution in [3.63, 3.8) is 0 Å². The Labute approximate surface area is 76.1 Å². The maximum absolute atomic E-state index is 10.4. The summed E-state index contributed by atoms with van der Waals surface area (Å²) in [7, 11) is 0. The fourth-order valence-electron chi connectivity index (χ4n) is 1.49. The topological polar surface area (TPSA) is 75.6 Å². The minimum Gasteiger partial charge on any atom is -0.481 e. The van der Waals surface area contributed by atoms with Crippen molar-refractivity contribution < 1.29 is 19.4 Å². The number of hydrogen-bond acceptors (Lipinski definition) is 3. The Morgan fingerprint density at radius 2 is 2.54 bits per heavy atom. The Morgan fingerprint density at radius 3 is 3.00 bits per heavy atom. The van der Waals surface area contributed by atoms with Crippen LogP contribution in [0, 0.1) is 0 Å². The molecule has 5 nitrogen and oxygen atoms in total. The Bertz CT molecular complexity index is 189. The molecular formula is C8H13NO4. The van der Waals surface area contributed by atoms with Crippen molar-refractivity contribution in [3.05, 3.63) is 0 Å². The maximum Gasteiger partial charge on any atom is 0.305 e. The number of hydrogen-bond donors (Lipinski definition) is 2. The standard InChI is InChI=1S/C8H13NO4/c10-5-9-6(4-8(11)12)7-2-1-3-13-7/h5-7H,1-4H2,(H,9,10)(H,11,12)/t6-,7?/m1/s1. The summed E-state index contributed by atoms with van der Waals surface area (Å²) in [5, 5.41) is 11.0. The van der Waals surface area contributed by atoms with Gasteiger partial charge in [0.1, 0.15) is 0 Å². The Kier molecular flexibility index (Phi) is 3.70. The molecule has 1 unspecified atom stereocenters. The normalized spacial score (nSPS) is 23.8. The van der Waals surface area contributed by atoms with Crippen LogP contribution in [0.1, 0.15) is 19.3 Å². The number of carboxylic acid groups (broad SMARTS) is 1. The molecule has 1 fully saturated rings. The lowest BCUT2D eigenvalue weighted by atomic mass is 10.1. The van der Waals surface area contributed by atoms with E-state index in [4.69, 9.17) is 9.84 Å². The van der Waals surface area contributed by atoms with Crippen LogP contribution < -0.4 is 5.32 Å². The third-order valence-corrected chi connectivity index (χ3v) is 2.09. The van der Waals surface area contributed by atoms with E-state index in [9.17, 15) is 9.59 Å². The van der Waals surface area contributed by atoms with Gasteiger partial charge in [-0.1, -0.05) is 0 Å². The second kappa shape index (κ2) is 4.81. The van der Waals surface area contributed by atoms with Gasteiger partial charge in [0.15, 0.2) is 0 Å². The summed E-state index contributed by atoms with van der Waals surface area (Å²) in [5.41, 5.74) is 0. The van der Waals surface area contributed by atoms with E-state index in [2.05, 4.69) is 5.32 Å². The maximum atomic E-state index is 10.4. The molecule has 1 amide bonds. The number of rotatable bonds is 5. The van der Waals surface area contributed by atoms with Gasteiger partial charge in [0, 0.05) is 6.61 Å². The highest BCUT2D eigenvalue weighted by atomic mass is 16.5. The molecule has 0 aromatic heterocycles. The molecule has 1 saturated heterocycles. The molecule has 13 heavy (non-hydrogen) atoms. The van der Waals surface area contributed by atoms with E-state index in [0.717, 1.165) is 12.8 Å². The van der Waals surface area contributed by atoms with Gasteiger partial charge in [-0.15, -0.1) is 0 Å². The van der Waals surface area contributed by atoms with Crippen LogP contribution in [0.5, 0.6) is 0 Å². The summed E-state index contributed by atoms with van der Waals surface area (Å²) in [4.78, 5) is 20.6. The first kappa shape index (κ1) is 9.98. The van der Waals surface area contributed by atoms with E-state index in [1.807, 2.05) is 0 Å². The van der Waals surface area contributed by atoms with Gasteiger partial charge >= 0.3 is 5.97 Å². The van der Waals surface area contributed by atoms with Crippen LogP contribution in [0.15, 0.2) is 0 Å². The monoisotopic (exact) mass is 187 g/mol. The predicted octanol–water partition coefficient (Wildman–Crippen LogP) is -0.245. The fraction of sp³-hybridized carbons (Fsp3) is 0.750. The summed E-state index contributed by atoms with van der Waals surface area (Å²) < 4.78 is 5.28. The molecule has 0 bridgehead atoms. The minimum atomic E-state index is -0.921. The molecule has 74 valence electrons. The van der Waals surface area contributed by atoms with Crippen molar-refractivity contribution in [1.82, 2.24) is 5.32 Å². The molecule has 0 aliphatic carbocycles. The number of carbonyl (C=O) groups is 2. The van der Waals surface area contributed by atoms with Gasteiger partial charge < -0.3 is 15.2 Å². The van der Waals surface area contributed by atoms with E-state index in [-0.39, 0.29) is 12.5 Å². The predicted molar refractivity (Wildman–Crippen MR) is 44.2 cm³/mol. The zero-order valence-corrected chi connectivity index (χ0v) is 7.23. The third kappa shape index (κ3) is 3.02. The number of aliphatic carboxylic acids is 1. The Morgan fingerprint density at radius 1 is 1.77 bits per heavy atom. The molecule has 1 rings (SSSR count). The average Bonchev–Trinajstić information content (AvgIpc) is 2.54. The van der Waals surface area contributed by atoms with Gasteiger partial charge in [-0.2, -0.15) is 0 Å². The first-order chi connectivity index (χ1) is 6.24. The largest absolute Gasteiger partial charge is 0.481 e. The van der Waals surface area contributed by atoms with E-state index < -0.39 is 12.0 Å². The molecule has 0 radical (unpaired) electrons. The van der Waals surface area contributed by atoms with Gasteiger partial charge in [-0.05, 0) is 12.8 Å². The zero-order valence-electron chi connectivity index (χ0n) is 7.23. The lowest BCUT2D eigenvalue weighted by Gasteiger charge is -2.20. The molecule has 0 spiro atoms. The first-order valence-corrected chi connectivity index (χ1v) is 4.27. The second-order valence-electron chi connectivity index (χ2n) is 3.04. The van der Waals surface area contributed by atoms with Crippen LogP contribution in [-0.2, 0) is 14.3 Å². The van der Waals surface area contributed by atoms with Gasteiger partial charge in [-0.3, -0.25) is 9.59 Å². The van der Waals surface area contributed by atoms with Gasteiger partial charge in [0.25, 0.3) is 0 Å².